The van der Waals surface area contributed by atoms with Crippen LogP contribution in [0.3, 0.4) is 0 Å². The fraction of sp³-hybridized carbons (Fsp3) is 0.120. The molecule has 0 amide bonds. The van der Waals surface area contributed by atoms with Crippen molar-refractivity contribution in [3.05, 3.63) is 94.3 Å². The molecule has 0 bridgehead atoms. The second-order valence-corrected chi connectivity index (χ2v) is 7.88. The van der Waals surface area contributed by atoms with Gasteiger partial charge in [-0.2, -0.15) is 26.3 Å². The van der Waals surface area contributed by atoms with E-state index in [-0.39, 0.29) is 0 Å². The molecule has 0 fully saturated rings. The van der Waals surface area contributed by atoms with Crippen molar-refractivity contribution in [2.75, 3.05) is 21.3 Å². The Morgan fingerprint density at radius 3 is 0.778 bits per heavy atom. The van der Waals surface area contributed by atoms with Crippen LogP contribution in [0.25, 0.3) is 0 Å². The maximum absolute atomic E-state index is 14.5. The summed E-state index contributed by atoms with van der Waals surface area (Å²) in [4.78, 5) is 2.86. The number of nitrogens with one attached hydrogen (secondary N) is 1. The lowest BCUT2D eigenvalue weighted by Crippen LogP contribution is -2.38. The van der Waals surface area contributed by atoms with Crippen LogP contribution >= 0.6 is 0 Å². The molecule has 0 aliphatic heterocycles. The van der Waals surface area contributed by atoms with Gasteiger partial charge in [0.15, 0.2) is 17.2 Å². The zero-order valence-corrected chi connectivity index (χ0v) is 22.4. The zero-order chi connectivity index (χ0) is 33.7. The fourth-order valence-electron chi connectivity index (χ4n) is 3.28. The summed E-state index contributed by atoms with van der Waals surface area (Å²) in [6, 6.07) is 3.89. The van der Waals surface area contributed by atoms with Gasteiger partial charge < -0.3 is 33.2 Å². The predicted octanol–water partition coefficient (Wildman–Crippen LogP) is 6.92. The minimum Gasteiger partial charge on any atom is -0.490 e. The first-order chi connectivity index (χ1) is 21.2. The van der Waals surface area contributed by atoms with E-state index in [9.17, 15) is 52.7 Å². The van der Waals surface area contributed by atoms with Crippen LogP contribution in [0.15, 0.2) is 24.5 Å². The van der Waals surface area contributed by atoms with Gasteiger partial charge in [-0.3, -0.25) is 0 Å². The molecule has 0 saturated heterocycles. The summed E-state index contributed by atoms with van der Waals surface area (Å²) in [5.41, 5.74) is 0. The molecule has 1 N–H and O–H groups in total. The molecule has 0 saturated carbocycles. The van der Waals surface area contributed by atoms with E-state index in [1.807, 2.05) is 24.5 Å². The molecule has 45 heavy (non-hydrogen) atoms. The second kappa shape index (κ2) is 14.2. The topological polar surface area (TPSA) is 71.2 Å². The Hall–Kier alpha value is -5.04. The minimum atomic E-state index is -3.27. The highest BCUT2D eigenvalue weighted by Gasteiger charge is 2.42. The van der Waals surface area contributed by atoms with E-state index in [2.05, 4.69) is 33.2 Å². The fourth-order valence-corrected chi connectivity index (χ4v) is 3.28. The molecule has 0 unspecified atom stereocenters. The van der Waals surface area contributed by atoms with Crippen molar-refractivity contribution < 1.29 is 80.9 Å². The van der Waals surface area contributed by atoms with Crippen LogP contribution in [-0.2, 0) is 0 Å². The molecule has 1 heterocycles. The smallest absolute Gasteiger partial charge is 0.490 e. The molecule has 3 aromatic carbocycles. The van der Waals surface area contributed by atoms with E-state index >= 15 is 0 Å². The summed E-state index contributed by atoms with van der Waals surface area (Å²) >= 11 is 0. The molecule has 0 atom stereocenters. The van der Waals surface area contributed by atoms with Crippen LogP contribution in [0.2, 0.25) is 0 Å². The van der Waals surface area contributed by atoms with Crippen molar-refractivity contribution in [3.63, 3.8) is 0 Å². The third-order valence-electron chi connectivity index (χ3n) is 5.30. The summed E-state index contributed by atoms with van der Waals surface area (Å²) in [7, 11) is -1.60. The number of ether oxygens (including phenoxy) is 3. The molecule has 0 radical (unpaired) electrons. The third kappa shape index (κ3) is 6.58. The van der Waals surface area contributed by atoms with Crippen molar-refractivity contribution in [1.29, 1.82) is 0 Å². The molecular weight excluding hydrogens is 649 g/mol. The van der Waals surface area contributed by atoms with Crippen molar-refractivity contribution in [3.8, 4) is 34.5 Å². The van der Waals surface area contributed by atoms with E-state index < -0.39 is 112 Å². The Kier molecular flexibility index (Phi) is 10.8. The quantitative estimate of drug-likeness (QED) is 0.0909. The molecule has 4 aromatic rings. The average molecular weight is 663 g/mol. The van der Waals surface area contributed by atoms with Crippen LogP contribution < -0.4 is 28.2 Å². The minimum absolute atomic E-state index is 0.555. The van der Waals surface area contributed by atoms with Gasteiger partial charge >= 0.3 is 7.32 Å². The molecule has 0 aliphatic carbocycles. The second-order valence-electron chi connectivity index (χ2n) is 7.88. The van der Waals surface area contributed by atoms with Crippen molar-refractivity contribution in [2.45, 2.75) is 0 Å². The van der Waals surface area contributed by atoms with E-state index in [0.29, 0.717) is 21.3 Å². The van der Waals surface area contributed by atoms with Crippen LogP contribution in [0.1, 0.15) is 0 Å². The van der Waals surface area contributed by atoms with Crippen molar-refractivity contribution in [2.24, 2.45) is 0 Å². The SMILES string of the molecule is COc1c(F)c(F)c(F)c(F)c1OB(Oc1c(F)c(F)c(F)c(F)c1OC)Oc1c(F)c(F)c(F)c(F)c1OC.c1cc[nH]c1. The van der Waals surface area contributed by atoms with Gasteiger partial charge in [-0.15, -0.1) is 0 Å². The lowest BCUT2D eigenvalue weighted by atomic mass is 10.1. The largest absolute Gasteiger partial charge is 0.864 e. The number of hydrogen-bond acceptors (Lipinski definition) is 6. The van der Waals surface area contributed by atoms with E-state index in [0.717, 1.165) is 0 Å². The number of methoxy groups -OCH3 is 3. The van der Waals surface area contributed by atoms with E-state index in [4.69, 9.17) is 0 Å². The summed E-state index contributed by atoms with van der Waals surface area (Å²) in [5.74, 6) is -39.5. The van der Waals surface area contributed by atoms with Crippen molar-refractivity contribution >= 4 is 7.32 Å². The number of aromatic nitrogens is 1. The summed E-state index contributed by atoms with van der Waals surface area (Å²) in [6.45, 7) is 0. The molecular formula is C25H14BF12NO6. The van der Waals surface area contributed by atoms with Gasteiger partial charge in [0.05, 0.1) is 21.3 Å². The van der Waals surface area contributed by atoms with Crippen LogP contribution in [0, 0.1) is 69.8 Å². The number of rotatable bonds is 9. The number of halogens is 12. The van der Waals surface area contributed by atoms with Crippen LogP contribution in [-0.4, -0.2) is 33.6 Å². The van der Waals surface area contributed by atoms with E-state index in [1.54, 1.807) is 0 Å². The normalized spacial score (nSPS) is 10.6. The highest BCUT2D eigenvalue weighted by atomic mass is 19.2. The number of hydrogen-bond donors (Lipinski definition) is 1. The van der Waals surface area contributed by atoms with Gasteiger partial charge in [0.25, 0.3) is 0 Å². The maximum Gasteiger partial charge on any atom is 0.864 e. The number of benzene rings is 3. The number of H-pyrrole nitrogens is 1. The predicted molar refractivity (Wildman–Crippen MR) is 127 cm³/mol. The van der Waals surface area contributed by atoms with Gasteiger partial charge in [-0.05, 0) is 12.1 Å². The Labute approximate surface area is 244 Å². The first-order valence-electron chi connectivity index (χ1n) is 11.5. The summed E-state index contributed by atoms with van der Waals surface area (Å²) in [6.07, 6.45) is 3.75. The molecule has 4 rings (SSSR count). The van der Waals surface area contributed by atoms with Crippen LogP contribution in [0.5, 0.6) is 34.5 Å². The van der Waals surface area contributed by atoms with E-state index in [1.165, 1.54) is 0 Å². The third-order valence-corrected chi connectivity index (χ3v) is 5.30. The molecule has 242 valence electrons. The molecule has 20 heteroatoms. The number of aromatic amines is 1. The Morgan fingerprint density at radius 1 is 0.378 bits per heavy atom. The monoisotopic (exact) mass is 663 g/mol. The first-order valence-corrected chi connectivity index (χ1v) is 11.5. The average Bonchev–Trinajstić information content (AvgIpc) is 3.63. The first kappa shape index (κ1) is 34.5. The Balaban J connectivity index is 0.00000100. The van der Waals surface area contributed by atoms with Gasteiger partial charge in [0.1, 0.15) is 0 Å². The highest BCUT2D eigenvalue weighted by Crippen LogP contribution is 2.42. The van der Waals surface area contributed by atoms with Crippen molar-refractivity contribution in [1.82, 2.24) is 4.98 Å². The lowest BCUT2D eigenvalue weighted by molar-refractivity contribution is 0.243. The van der Waals surface area contributed by atoms with Gasteiger partial charge in [-0.1, -0.05) is 0 Å². The highest BCUT2D eigenvalue weighted by molar-refractivity contribution is 6.39. The molecule has 0 aliphatic rings. The summed E-state index contributed by atoms with van der Waals surface area (Å²) < 4.78 is 195. The Morgan fingerprint density at radius 2 is 0.600 bits per heavy atom. The standard InChI is InChI=1S/C21H9BF12O6.C4H5N/c1-35-16-10(29)4(23)7(26)13(32)19(16)38-22(39-20-14(33)8(27)5(24)11(30)17(20)36-2)40-21-15(34)9(28)6(25)12(31)18(21)37-3;1-2-4-5-3-1/h1-3H3;1-5H. The van der Waals surface area contributed by atoms with Crippen LogP contribution in [0.4, 0.5) is 52.7 Å². The molecule has 0 spiro atoms. The maximum atomic E-state index is 14.5. The summed E-state index contributed by atoms with van der Waals surface area (Å²) in [5, 5.41) is 0. The van der Waals surface area contributed by atoms with Gasteiger partial charge in [0, 0.05) is 12.4 Å². The molecule has 1 aromatic heterocycles. The zero-order valence-electron chi connectivity index (χ0n) is 22.4. The Bertz CT molecular complexity index is 1500. The van der Waals surface area contributed by atoms with Gasteiger partial charge in [0.2, 0.25) is 87.1 Å². The lowest BCUT2D eigenvalue weighted by Gasteiger charge is -2.21. The molecule has 7 nitrogen and oxygen atoms in total. The van der Waals surface area contributed by atoms with Gasteiger partial charge in [-0.25, -0.2) is 26.3 Å².